The van der Waals surface area contributed by atoms with Gasteiger partial charge in [-0.3, -0.25) is 4.90 Å². The summed E-state index contributed by atoms with van der Waals surface area (Å²) < 4.78 is 0. The monoisotopic (exact) mass is 258 g/mol. The van der Waals surface area contributed by atoms with Crippen LogP contribution < -0.4 is 11.1 Å². The number of benzene rings is 1. The Hall–Kier alpha value is -1.73. The number of nitrogens with zero attached hydrogens (tertiary/aromatic N) is 2. The van der Waals surface area contributed by atoms with Crippen LogP contribution in [0.5, 0.6) is 0 Å². The van der Waals surface area contributed by atoms with Crippen LogP contribution in [0.1, 0.15) is 31.7 Å². The highest BCUT2D eigenvalue weighted by Gasteiger charge is 2.16. The maximum Gasteiger partial charge on any atom is 0.101 e. The average Bonchev–Trinajstić information content (AvgIpc) is 2.46. The number of anilines is 2. The maximum absolute atomic E-state index is 8.84. The smallest absolute Gasteiger partial charge is 0.101 e. The Morgan fingerprint density at radius 2 is 2.11 bits per heavy atom. The largest absolute Gasteiger partial charge is 0.398 e. The summed E-state index contributed by atoms with van der Waals surface area (Å²) in [6.07, 6.45) is 3.99. The molecule has 1 aromatic rings. The van der Waals surface area contributed by atoms with Gasteiger partial charge in [-0.15, -0.1) is 0 Å². The van der Waals surface area contributed by atoms with Gasteiger partial charge < -0.3 is 11.1 Å². The summed E-state index contributed by atoms with van der Waals surface area (Å²) in [5.74, 6) is 0. The van der Waals surface area contributed by atoms with Gasteiger partial charge in [0.25, 0.3) is 0 Å². The minimum absolute atomic E-state index is 0.525. The zero-order valence-corrected chi connectivity index (χ0v) is 11.5. The van der Waals surface area contributed by atoms with Gasteiger partial charge in [-0.05, 0) is 51.1 Å². The quantitative estimate of drug-likeness (QED) is 0.814. The van der Waals surface area contributed by atoms with Crippen LogP contribution in [0.2, 0.25) is 0 Å². The van der Waals surface area contributed by atoms with Gasteiger partial charge in [-0.1, -0.05) is 6.42 Å². The molecule has 1 saturated heterocycles. The van der Waals surface area contributed by atoms with Gasteiger partial charge in [-0.25, -0.2) is 0 Å². The van der Waals surface area contributed by atoms with E-state index in [0.29, 0.717) is 17.3 Å². The zero-order valence-electron chi connectivity index (χ0n) is 11.5. The molecule has 0 bridgehead atoms. The fraction of sp³-hybridized carbons (Fsp3) is 0.533. The van der Waals surface area contributed by atoms with Crippen molar-refractivity contribution >= 4 is 11.4 Å². The van der Waals surface area contributed by atoms with E-state index in [1.54, 1.807) is 6.07 Å². The fourth-order valence-corrected chi connectivity index (χ4v) is 2.53. The predicted molar refractivity (Wildman–Crippen MR) is 78.9 cm³/mol. The first-order chi connectivity index (χ1) is 9.20. The van der Waals surface area contributed by atoms with E-state index in [2.05, 4.69) is 23.2 Å². The van der Waals surface area contributed by atoms with Crippen LogP contribution in [0, 0.1) is 11.3 Å². The van der Waals surface area contributed by atoms with Gasteiger partial charge in [0.1, 0.15) is 6.07 Å². The van der Waals surface area contributed by atoms with Crippen LogP contribution in [0.3, 0.4) is 0 Å². The fourth-order valence-electron chi connectivity index (χ4n) is 2.53. The third-order valence-electron chi connectivity index (χ3n) is 3.79. The summed E-state index contributed by atoms with van der Waals surface area (Å²) in [7, 11) is 0. The Labute approximate surface area is 115 Å². The van der Waals surface area contributed by atoms with Gasteiger partial charge in [0.05, 0.1) is 11.3 Å². The Morgan fingerprint density at radius 3 is 2.74 bits per heavy atom. The van der Waals surface area contributed by atoms with Crippen LogP contribution >= 0.6 is 0 Å². The van der Waals surface area contributed by atoms with Crippen molar-refractivity contribution in [2.24, 2.45) is 0 Å². The van der Waals surface area contributed by atoms with Crippen LogP contribution in [-0.4, -0.2) is 30.6 Å². The molecule has 0 spiro atoms. The summed E-state index contributed by atoms with van der Waals surface area (Å²) in [5.41, 5.74) is 7.87. The molecule has 1 heterocycles. The molecule has 1 fully saturated rings. The van der Waals surface area contributed by atoms with E-state index in [4.69, 9.17) is 11.0 Å². The maximum atomic E-state index is 8.84. The normalized spacial score (nSPS) is 17.7. The van der Waals surface area contributed by atoms with Crippen molar-refractivity contribution in [3.8, 4) is 6.07 Å². The molecular weight excluding hydrogens is 236 g/mol. The van der Waals surface area contributed by atoms with E-state index in [0.717, 1.165) is 12.2 Å². The molecule has 0 amide bonds. The number of nitrogens with two attached hydrogens (primary N) is 1. The summed E-state index contributed by atoms with van der Waals surface area (Å²) >= 11 is 0. The third-order valence-corrected chi connectivity index (χ3v) is 3.79. The Balaban J connectivity index is 1.88. The van der Waals surface area contributed by atoms with E-state index in [1.165, 1.54) is 32.4 Å². The highest BCUT2D eigenvalue weighted by Crippen LogP contribution is 2.18. The van der Waals surface area contributed by atoms with Crippen molar-refractivity contribution in [1.29, 1.82) is 5.26 Å². The Morgan fingerprint density at radius 1 is 1.37 bits per heavy atom. The minimum Gasteiger partial charge on any atom is -0.398 e. The SMILES string of the molecule is CC(CNc1ccc(C#N)c(N)c1)N1CCCCC1. The van der Waals surface area contributed by atoms with Gasteiger partial charge in [0.15, 0.2) is 0 Å². The lowest BCUT2D eigenvalue weighted by atomic mass is 10.1. The molecule has 1 aliphatic heterocycles. The van der Waals surface area contributed by atoms with Gasteiger partial charge in [0.2, 0.25) is 0 Å². The second kappa shape index (κ2) is 6.44. The lowest BCUT2D eigenvalue weighted by molar-refractivity contribution is 0.180. The number of likely N-dealkylation sites (tertiary alicyclic amines) is 1. The minimum atomic E-state index is 0.525. The summed E-state index contributed by atoms with van der Waals surface area (Å²) in [4.78, 5) is 2.53. The molecule has 102 valence electrons. The summed E-state index contributed by atoms with van der Waals surface area (Å²) in [6, 6.07) is 8.12. The van der Waals surface area contributed by atoms with Crippen molar-refractivity contribution in [3.63, 3.8) is 0 Å². The number of nitrogens with one attached hydrogen (secondary N) is 1. The molecule has 4 heteroatoms. The summed E-state index contributed by atoms with van der Waals surface area (Å²) in [5, 5.41) is 12.2. The lowest BCUT2D eigenvalue weighted by Crippen LogP contribution is -2.41. The second-order valence-electron chi connectivity index (χ2n) is 5.24. The van der Waals surface area contributed by atoms with Gasteiger partial charge in [0, 0.05) is 18.3 Å². The molecule has 1 atom stereocenters. The van der Waals surface area contributed by atoms with E-state index in [1.807, 2.05) is 12.1 Å². The number of hydrogen-bond donors (Lipinski definition) is 2. The van der Waals surface area contributed by atoms with Crippen molar-refractivity contribution in [3.05, 3.63) is 23.8 Å². The molecule has 2 rings (SSSR count). The molecule has 3 N–H and O–H groups in total. The third kappa shape index (κ3) is 3.62. The molecule has 1 aromatic carbocycles. The molecule has 0 aromatic heterocycles. The topological polar surface area (TPSA) is 65.1 Å². The zero-order chi connectivity index (χ0) is 13.7. The van der Waals surface area contributed by atoms with E-state index in [-0.39, 0.29) is 0 Å². The second-order valence-corrected chi connectivity index (χ2v) is 5.24. The highest BCUT2D eigenvalue weighted by molar-refractivity contribution is 5.62. The van der Waals surface area contributed by atoms with Crippen LogP contribution in [-0.2, 0) is 0 Å². The Bertz CT molecular complexity index is 458. The first-order valence-electron chi connectivity index (χ1n) is 6.98. The number of piperidine rings is 1. The molecule has 1 aliphatic rings. The number of nitriles is 1. The molecule has 19 heavy (non-hydrogen) atoms. The number of hydrogen-bond acceptors (Lipinski definition) is 4. The molecule has 0 saturated carbocycles. The van der Waals surface area contributed by atoms with Crippen molar-refractivity contribution in [2.45, 2.75) is 32.2 Å². The van der Waals surface area contributed by atoms with Crippen molar-refractivity contribution in [1.82, 2.24) is 4.90 Å². The molecule has 0 aliphatic carbocycles. The molecular formula is C15H22N4. The average molecular weight is 258 g/mol. The molecule has 0 radical (unpaired) electrons. The first kappa shape index (κ1) is 13.7. The van der Waals surface area contributed by atoms with E-state index < -0.39 is 0 Å². The van der Waals surface area contributed by atoms with Gasteiger partial charge in [-0.2, -0.15) is 5.26 Å². The van der Waals surface area contributed by atoms with Gasteiger partial charge >= 0.3 is 0 Å². The number of rotatable bonds is 4. The van der Waals surface area contributed by atoms with E-state index >= 15 is 0 Å². The first-order valence-corrected chi connectivity index (χ1v) is 6.98. The van der Waals surface area contributed by atoms with Crippen LogP contribution in [0.25, 0.3) is 0 Å². The van der Waals surface area contributed by atoms with Crippen LogP contribution in [0.4, 0.5) is 11.4 Å². The standard InChI is InChI=1S/C15H22N4/c1-12(19-7-3-2-4-8-19)11-18-14-6-5-13(10-16)15(17)9-14/h5-6,9,12,18H,2-4,7-8,11,17H2,1H3. The number of nitrogen functional groups attached to an aromatic ring is 1. The molecule has 1 unspecified atom stereocenters. The summed E-state index contributed by atoms with van der Waals surface area (Å²) in [6.45, 7) is 5.58. The van der Waals surface area contributed by atoms with Crippen molar-refractivity contribution in [2.75, 3.05) is 30.7 Å². The lowest BCUT2D eigenvalue weighted by Gasteiger charge is -2.32. The predicted octanol–water partition coefficient (Wildman–Crippen LogP) is 2.43. The van der Waals surface area contributed by atoms with Crippen LogP contribution in [0.15, 0.2) is 18.2 Å². The van der Waals surface area contributed by atoms with E-state index in [9.17, 15) is 0 Å². The molecule has 4 nitrogen and oxygen atoms in total. The Kier molecular flexibility index (Phi) is 4.64. The highest BCUT2D eigenvalue weighted by atomic mass is 15.2. The van der Waals surface area contributed by atoms with Crippen molar-refractivity contribution < 1.29 is 0 Å².